The van der Waals surface area contributed by atoms with Crippen molar-refractivity contribution in [1.29, 1.82) is 0 Å². The molecule has 0 spiro atoms. The highest BCUT2D eigenvalue weighted by Crippen LogP contribution is 2.39. The summed E-state index contributed by atoms with van der Waals surface area (Å²) in [5, 5.41) is 0. The Labute approximate surface area is 130 Å². The Balaban J connectivity index is 1.89. The average molecular weight is 334 g/mol. The van der Waals surface area contributed by atoms with E-state index in [0.29, 0.717) is 22.6 Å². The third kappa shape index (κ3) is 2.65. The highest BCUT2D eigenvalue weighted by Gasteiger charge is 2.40. The van der Waals surface area contributed by atoms with E-state index in [2.05, 4.69) is 0 Å². The molecule has 2 unspecified atom stereocenters. The first-order chi connectivity index (χ1) is 9.63. The van der Waals surface area contributed by atoms with E-state index < -0.39 is 10.0 Å². The lowest BCUT2D eigenvalue weighted by Crippen LogP contribution is -2.49. The van der Waals surface area contributed by atoms with Crippen molar-refractivity contribution in [2.45, 2.75) is 54.7 Å². The highest BCUT2D eigenvalue weighted by molar-refractivity contribution is 7.91. The van der Waals surface area contributed by atoms with Crippen LogP contribution in [0.25, 0.3) is 0 Å². The Hall–Kier alpha value is -0.100. The van der Waals surface area contributed by atoms with Crippen LogP contribution in [0.15, 0.2) is 16.3 Å². The fraction of sp³-hybridized carbons (Fsp3) is 0.714. The van der Waals surface area contributed by atoms with Crippen LogP contribution >= 0.6 is 22.9 Å². The second-order valence-electron chi connectivity index (χ2n) is 5.72. The molecule has 2 atom stereocenters. The summed E-state index contributed by atoms with van der Waals surface area (Å²) in [4.78, 5) is 0.919. The summed E-state index contributed by atoms with van der Waals surface area (Å²) >= 11 is 7.10. The lowest BCUT2D eigenvalue weighted by Gasteiger charge is -2.42. The first kappa shape index (κ1) is 14.8. The number of halogens is 1. The molecule has 2 aliphatic rings. The Morgan fingerprint density at radius 1 is 1.20 bits per heavy atom. The van der Waals surface area contributed by atoms with Crippen molar-refractivity contribution in [3.8, 4) is 0 Å². The van der Waals surface area contributed by atoms with E-state index in [1.165, 1.54) is 30.6 Å². The number of thiophene rings is 1. The third-order valence-corrected chi connectivity index (χ3v) is 8.45. The maximum atomic E-state index is 12.9. The van der Waals surface area contributed by atoms with Crippen LogP contribution in [-0.4, -0.2) is 25.3 Å². The Bertz CT molecular complexity index is 567. The van der Waals surface area contributed by atoms with Gasteiger partial charge in [0.25, 0.3) is 10.0 Å². The predicted octanol–water partition coefficient (Wildman–Crippen LogP) is 3.83. The molecule has 1 aliphatic heterocycles. The van der Waals surface area contributed by atoms with Crippen LogP contribution in [0.1, 0.15) is 43.4 Å². The van der Waals surface area contributed by atoms with Gasteiger partial charge in [0, 0.05) is 17.5 Å². The quantitative estimate of drug-likeness (QED) is 0.788. The van der Waals surface area contributed by atoms with Crippen LogP contribution in [-0.2, 0) is 15.9 Å². The van der Waals surface area contributed by atoms with Gasteiger partial charge < -0.3 is 0 Å². The predicted molar refractivity (Wildman–Crippen MR) is 82.7 cm³/mol. The number of piperidine rings is 1. The Morgan fingerprint density at radius 3 is 2.70 bits per heavy atom. The fourth-order valence-corrected chi connectivity index (χ4v) is 6.90. The van der Waals surface area contributed by atoms with Crippen LogP contribution in [0.3, 0.4) is 0 Å². The summed E-state index contributed by atoms with van der Waals surface area (Å²) in [6.07, 6.45) is 6.81. The van der Waals surface area contributed by atoms with Gasteiger partial charge >= 0.3 is 0 Å². The van der Waals surface area contributed by atoms with Crippen molar-refractivity contribution < 1.29 is 8.42 Å². The zero-order valence-electron chi connectivity index (χ0n) is 11.4. The van der Waals surface area contributed by atoms with E-state index in [4.69, 9.17) is 11.6 Å². The fourth-order valence-electron chi connectivity index (χ4n) is 3.56. The van der Waals surface area contributed by atoms with Crippen LogP contribution in [0.5, 0.6) is 0 Å². The second kappa shape index (κ2) is 5.95. The molecule has 3 nitrogen and oxygen atoms in total. The zero-order chi connectivity index (χ0) is 14.2. The summed E-state index contributed by atoms with van der Waals surface area (Å²) < 4.78 is 28.0. The van der Waals surface area contributed by atoms with E-state index in [0.717, 1.165) is 24.1 Å². The Kier molecular flexibility index (Phi) is 4.41. The number of nitrogens with zero attached hydrogens (tertiary/aromatic N) is 1. The summed E-state index contributed by atoms with van der Waals surface area (Å²) in [5.41, 5.74) is 0. The number of alkyl halides is 1. The molecule has 6 heteroatoms. The van der Waals surface area contributed by atoms with Crippen molar-refractivity contribution in [3.05, 3.63) is 17.0 Å². The molecule has 1 aliphatic carbocycles. The van der Waals surface area contributed by atoms with E-state index in [1.54, 1.807) is 10.4 Å². The van der Waals surface area contributed by atoms with Gasteiger partial charge in [-0.25, -0.2) is 8.42 Å². The minimum atomic E-state index is -3.33. The third-order valence-electron chi connectivity index (χ3n) is 4.52. The van der Waals surface area contributed by atoms with Crippen molar-refractivity contribution in [2.75, 3.05) is 6.54 Å². The SMILES string of the molecule is O=S(=O)(c1ccc(CCl)s1)N1CCCC2CCCCC21. The van der Waals surface area contributed by atoms with Gasteiger partial charge in [0.05, 0.1) is 5.88 Å². The molecule has 2 fully saturated rings. The molecule has 1 saturated carbocycles. The zero-order valence-corrected chi connectivity index (χ0v) is 13.8. The van der Waals surface area contributed by atoms with Crippen LogP contribution in [0.4, 0.5) is 0 Å². The van der Waals surface area contributed by atoms with Crippen molar-refractivity contribution in [2.24, 2.45) is 5.92 Å². The van der Waals surface area contributed by atoms with Crippen molar-refractivity contribution in [1.82, 2.24) is 4.31 Å². The van der Waals surface area contributed by atoms with E-state index in [1.807, 2.05) is 6.07 Å². The number of sulfonamides is 1. The monoisotopic (exact) mass is 333 g/mol. The van der Waals surface area contributed by atoms with Crippen LogP contribution in [0, 0.1) is 5.92 Å². The number of fused-ring (bicyclic) bond motifs is 1. The van der Waals surface area contributed by atoms with Gasteiger partial charge in [0.1, 0.15) is 4.21 Å². The molecule has 112 valence electrons. The largest absolute Gasteiger partial charge is 0.252 e. The molecular weight excluding hydrogens is 314 g/mol. The van der Waals surface area contributed by atoms with E-state index in [-0.39, 0.29) is 6.04 Å². The standard InChI is InChI=1S/C14H20ClNO2S2/c15-10-12-7-8-14(19-12)20(17,18)16-9-3-5-11-4-1-2-6-13(11)16/h7-8,11,13H,1-6,9-10H2. The maximum Gasteiger partial charge on any atom is 0.252 e. The van der Waals surface area contributed by atoms with Gasteiger partial charge in [-0.15, -0.1) is 22.9 Å². The summed E-state index contributed by atoms with van der Waals surface area (Å²) in [6.45, 7) is 0.678. The van der Waals surface area contributed by atoms with Gasteiger partial charge in [-0.05, 0) is 43.7 Å². The van der Waals surface area contributed by atoms with Gasteiger partial charge in [-0.1, -0.05) is 12.8 Å². The van der Waals surface area contributed by atoms with Gasteiger partial charge in [0.15, 0.2) is 0 Å². The first-order valence-electron chi connectivity index (χ1n) is 7.29. The minimum absolute atomic E-state index is 0.226. The van der Waals surface area contributed by atoms with Gasteiger partial charge in [-0.3, -0.25) is 0 Å². The van der Waals surface area contributed by atoms with Gasteiger partial charge in [-0.2, -0.15) is 4.31 Å². The van der Waals surface area contributed by atoms with Gasteiger partial charge in [0.2, 0.25) is 0 Å². The molecule has 3 rings (SSSR count). The number of hydrogen-bond donors (Lipinski definition) is 0. The summed E-state index contributed by atoms with van der Waals surface area (Å²) in [6, 6.07) is 3.76. The molecule has 0 radical (unpaired) electrons. The smallest absolute Gasteiger partial charge is 0.206 e. The highest BCUT2D eigenvalue weighted by atomic mass is 35.5. The lowest BCUT2D eigenvalue weighted by molar-refractivity contribution is 0.129. The molecule has 2 heterocycles. The normalized spacial score (nSPS) is 28.2. The maximum absolute atomic E-state index is 12.9. The molecule has 0 bridgehead atoms. The molecule has 1 aromatic rings. The van der Waals surface area contributed by atoms with E-state index in [9.17, 15) is 8.42 Å². The number of rotatable bonds is 3. The lowest BCUT2D eigenvalue weighted by atomic mass is 9.79. The molecule has 1 aromatic heterocycles. The molecule has 20 heavy (non-hydrogen) atoms. The molecule has 0 amide bonds. The van der Waals surface area contributed by atoms with Crippen molar-refractivity contribution in [3.63, 3.8) is 0 Å². The number of hydrogen-bond acceptors (Lipinski definition) is 3. The molecular formula is C14H20ClNO2S2. The summed E-state index contributed by atoms with van der Waals surface area (Å²) in [7, 11) is -3.33. The van der Waals surface area contributed by atoms with Crippen LogP contribution < -0.4 is 0 Å². The topological polar surface area (TPSA) is 37.4 Å². The van der Waals surface area contributed by atoms with E-state index >= 15 is 0 Å². The van der Waals surface area contributed by atoms with Crippen LogP contribution in [0.2, 0.25) is 0 Å². The average Bonchev–Trinajstić information content (AvgIpc) is 2.96. The molecule has 1 saturated heterocycles. The molecule has 0 aromatic carbocycles. The second-order valence-corrected chi connectivity index (χ2v) is 9.28. The minimum Gasteiger partial charge on any atom is -0.206 e. The summed E-state index contributed by atoms with van der Waals surface area (Å²) in [5.74, 6) is 0.950. The molecule has 0 N–H and O–H groups in total. The van der Waals surface area contributed by atoms with Crippen molar-refractivity contribution >= 4 is 33.0 Å². The Morgan fingerprint density at radius 2 is 1.95 bits per heavy atom. The first-order valence-corrected chi connectivity index (χ1v) is 10.1.